The van der Waals surface area contributed by atoms with E-state index in [-0.39, 0.29) is 16.7 Å². The predicted octanol–water partition coefficient (Wildman–Crippen LogP) is 6.00. The number of fused-ring (bicyclic) bond motifs is 1. The summed E-state index contributed by atoms with van der Waals surface area (Å²) in [5, 5.41) is 4.99. The normalized spacial score (nSPS) is 12.7. The van der Waals surface area contributed by atoms with E-state index < -0.39 is 11.7 Å². The van der Waals surface area contributed by atoms with Gasteiger partial charge in [0.1, 0.15) is 5.69 Å². The average Bonchev–Trinajstić information content (AvgIpc) is 3.20. The van der Waals surface area contributed by atoms with Crippen LogP contribution in [0.25, 0.3) is 33.9 Å². The summed E-state index contributed by atoms with van der Waals surface area (Å²) in [5.74, 6) is 0.453. The molecule has 0 aliphatic carbocycles. The molecule has 0 saturated carbocycles. The number of benzene rings is 1. The minimum absolute atomic E-state index is 0.00466. The molecule has 0 fully saturated rings. The quantitative estimate of drug-likeness (QED) is 0.422. The molecule has 0 saturated heterocycles. The minimum Gasteiger partial charge on any atom is -0.335 e. The van der Waals surface area contributed by atoms with E-state index in [2.05, 4.69) is 20.1 Å². The second-order valence-electron chi connectivity index (χ2n) is 8.08. The zero-order valence-electron chi connectivity index (χ0n) is 16.8. The highest BCUT2D eigenvalue weighted by atomic mass is 35.5. The third-order valence-corrected chi connectivity index (χ3v) is 5.14. The number of imidazole rings is 1. The number of alkyl halides is 3. The molecule has 0 unspecified atom stereocenters. The van der Waals surface area contributed by atoms with Crippen molar-refractivity contribution < 1.29 is 13.2 Å². The molecule has 0 amide bonds. The SMILES string of the molecule is Cn1nc(C(C)(C)C)c(Cl)c1-c1nc2nc(-c3ccccc3C(F)(F)F)ccc2[nH]1. The van der Waals surface area contributed by atoms with Crippen LogP contribution >= 0.6 is 11.6 Å². The third-order valence-electron chi connectivity index (χ3n) is 4.78. The summed E-state index contributed by atoms with van der Waals surface area (Å²) >= 11 is 6.59. The Morgan fingerprint density at radius 3 is 2.33 bits per heavy atom. The molecule has 30 heavy (non-hydrogen) atoms. The monoisotopic (exact) mass is 433 g/mol. The molecular weight excluding hydrogens is 415 g/mol. The number of aromatic amines is 1. The summed E-state index contributed by atoms with van der Waals surface area (Å²) in [6.07, 6.45) is -4.48. The zero-order chi connectivity index (χ0) is 21.8. The van der Waals surface area contributed by atoms with Gasteiger partial charge < -0.3 is 4.98 Å². The van der Waals surface area contributed by atoms with Gasteiger partial charge in [0, 0.05) is 18.0 Å². The van der Waals surface area contributed by atoms with Crippen LogP contribution in [0.1, 0.15) is 32.0 Å². The number of pyridine rings is 1. The smallest absolute Gasteiger partial charge is 0.335 e. The van der Waals surface area contributed by atoms with Gasteiger partial charge in [0.15, 0.2) is 11.5 Å². The molecule has 0 atom stereocenters. The van der Waals surface area contributed by atoms with E-state index in [1.165, 1.54) is 12.1 Å². The molecule has 0 spiro atoms. The van der Waals surface area contributed by atoms with Gasteiger partial charge >= 0.3 is 6.18 Å². The van der Waals surface area contributed by atoms with Crippen LogP contribution in [-0.4, -0.2) is 24.7 Å². The van der Waals surface area contributed by atoms with Gasteiger partial charge in [0.05, 0.1) is 27.5 Å². The van der Waals surface area contributed by atoms with E-state index in [0.29, 0.717) is 27.7 Å². The summed E-state index contributed by atoms with van der Waals surface area (Å²) in [6, 6.07) is 8.56. The fraction of sp³-hybridized carbons (Fsp3) is 0.286. The number of nitrogens with one attached hydrogen (secondary N) is 1. The van der Waals surface area contributed by atoms with Gasteiger partial charge in [0.25, 0.3) is 0 Å². The van der Waals surface area contributed by atoms with Crippen molar-refractivity contribution in [3.05, 3.63) is 52.7 Å². The molecule has 1 N–H and O–H groups in total. The number of hydrogen-bond donors (Lipinski definition) is 1. The average molecular weight is 434 g/mol. The van der Waals surface area contributed by atoms with Crippen LogP contribution in [0.3, 0.4) is 0 Å². The second-order valence-corrected chi connectivity index (χ2v) is 8.46. The highest BCUT2D eigenvalue weighted by Crippen LogP contribution is 2.38. The molecule has 3 aromatic heterocycles. The summed E-state index contributed by atoms with van der Waals surface area (Å²) in [5.41, 5.74) is 1.42. The van der Waals surface area contributed by atoms with Crippen molar-refractivity contribution in [1.29, 1.82) is 0 Å². The van der Waals surface area contributed by atoms with Crippen LogP contribution in [0.5, 0.6) is 0 Å². The molecule has 3 heterocycles. The number of hydrogen-bond acceptors (Lipinski definition) is 3. The molecule has 0 radical (unpaired) electrons. The highest BCUT2D eigenvalue weighted by Gasteiger charge is 2.34. The van der Waals surface area contributed by atoms with Crippen molar-refractivity contribution in [2.24, 2.45) is 7.05 Å². The van der Waals surface area contributed by atoms with Crippen molar-refractivity contribution in [2.45, 2.75) is 32.4 Å². The topological polar surface area (TPSA) is 59.4 Å². The van der Waals surface area contributed by atoms with Crippen molar-refractivity contribution in [2.75, 3.05) is 0 Å². The summed E-state index contributed by atoms with van der Waals surface area (Å²) in [4.78, 5) is 12.0. The van der Waals surface area contributed by atoms with E-state index in [0.717, 1.165) is 11.8 Å². The van der Waals surface area contributed by atoms with Gasteiger partial charge in [-0.25, -0.2) is 9.97 Å². The van der Waals surface area contributed by atoms with Crippen LogP contribution in [0, 0.1) is 0 Å². The van der Waals surface area contributed by atoms with Crippen LogP contribution < -0.4 is 0 Å². The first-order chi connectivity index (χ1) is 14.0. The van der Waals surface area contributed by atoms with Gasteiger partial charge in [-0.2, -0.15) is 18.3 Å². The minimum atomic E-state index is -4.48. The van der Waals surface area contributed by atoms with Gasteiger partial charge in [0.2, 0.25) is 0 Å². The Balaban J connectivity index is 1.84. The first-order valence-corrected chi connectivity index (χ1v) is 9.61. The molecule has 5 nitrogen and oxygen atoms in total. The van der Waals surface area contributed by atoms with Crippen LogP contribution in [-0.2, 0) is 18.6 Å². The molecule has 1 aromatic carbocycles. The van der Waals surface area contributed by atoms with E-state index in [1.807, 2.05) is 20.8 Å². The Kier molecular flexibility index (Phi) is 4.65. The lowest BCUT2D eigenvalue weighted by Crippen LogP contribution is -2.12. The van der Waals surface area contributed by atoms with E-state index in [4.69, 9.17) is 11.6 Å². The van der Waals surface area contributed by atoms with E-state index in [9.17, 15) is 13.2 Å². The number of halogens is 4. The maximum Gasteiger partial charge on any atom is 0.417 e. The second kappa shape index (κ2) is 6.84. The molecule has 156 valence electrons. The molecule has 0 bridgehead atoms. The fourth-order valence-electron chi connectivity index (χ4n) is 3.34. The molecule has 4 aromatic rings. The van der Waals surface area contributed by atoms with Crippen molar-refractivity contribution in [3.8, 4) is 22.8 Å². The van der Waals surface area contributed by atoms with Crippen LogP contribution in [0.4, 0.5) is 13.2 Å². The van der Waals surface area contributed by atoms with Crippen LogP contribution in [0.15, 0.2) is 36.4 Å². The van der Waals surface area contributed by atoms with Gasteiger partial charge in [-0.1, -0.05) is 50.6 Å². The molecule has 0 aliphatic heterocycles. The Labute approximate surface area is 175 Å². The van der Waals surface area contributed by atoms with Crippen LogP contribution in [0.2, 0.25) is 5.02 Å². The summed E-state index contributed by atoms with van der Waals surface area (Å²) < 4.78 is 41.8. The largest absolute Gasteiger partial charge is 0.417 e. The fourth-order valence-corrected chi connectivity index (χ4v) is 3.88. The first kappa shape index (κ1) is 20.4. The molecule has 4 rings (SSSR count). The lowest BCUT2D eigenvalue weighted by molar-refractivity contribution is -0.137. The Bertz CT molecular complexity index is 1250. The zero-order valence-corrected chi connectivity index (χ0v) is 17.5. The molecular formula is C21H19ClF3N5. The lowest BCUT2D eigenvalue weighted by atomic mass is 9.92. The Morgan fingerprint density at radius 1 is 1.00 bits per heavy atom. The maximum atomic E-state index is 13.4. The first-order valence-electron chi connectivity index (χ1n) is 9.23. The summed E-state index contributed by atoms with van der Waals surface area (Å²) in [7, 11) is 1.77. The molecule has 9 heteroatoms. The van der Waals surface area contributed by atoms with Gasteiger partial charge in [-0.3, -0.25) is 4.68 Å². The Hall–Kier alpha value is -2.87. The van der Waals surface area contributed by atoms with Crippen molar-refractivity contribution in [1.82, 2.24) is 24.7 Å². The number of H-pyrrole nitrogens is 1. The predicted molar refractivity (Wildman–Crippen MR) is 110 cm³/mol. The highest BCUT2D eigenvalue weighted by molar-refractivity contribution is 6.33. The Morgan fingerprint density at radius 2 is 1.70 bits per heavy atom. The maximum absolute atomic E-state index is 13.4. The van der Waals surface area contributed by atoms with E-state index >= 15 is 0 Å². The number of nitrogens with zero attached hydrogens (tertiary/aromatic N) is 4. The lowest BCUT2D eigenvalue weighted by Gasteiger charge is -2.15. The van der Waals surface area contributed by atoms with Gasteiger partial charge in [-0.05, 0) is 18.2 Å². The number of rotatable bonds is 2. The van der Waals surface area contributed by atoms with E-state index in [1.54, 1.807) is 29.9 Å². The van der Waals surface area contributed by atoms with Gasteiger partial charge in [-0.15, -0.1) is 0 Å². The molecule has 0 aliphatic rings. The standard InChI is InChI=1S/C21H19ClF3N5/c1-20(2,3)17-15(22)16(30(4)29-17)19-27-14-10-9-13(26-18(14)28-19)11-7-5-6-8-12(11)21(23,24)25/h5-10H,1-4H3,(H,26,27,28). The van der Waals surface area contributed by atoms with Crippen molar-refractivity contribution >= 4 is 22.8 Å². The van der Waals surface area contributed by atoms with Crippen molar-refractivity contribution in [3.63, 3.8) is 0 Å². The number of aryl methyl sites for hydroxylation is 1. The third kappa shape index (κ3) is 3.45. The summed E-state index contributed by atoms with van der Waals surface area (Å²) in [6.45, 7) is 6.03. The number of aromatic nitrogens is 5.